The number of carbonyl (C=O) groups excluding carboxylic acids is 7. The quantitative estimate of drug-likeness (QED) is 0.0205. The Kier molecular flexibility index (Phi) is 24.7. The lowest BCUT2D eigenvalue weighted by atomic mass is 9.98. The molecule has 2 aliphatic rings. The molecule has 2 aliphatic heterocycles. The fraction of sp³-hybridized carbons (Fsp3) is 0.722. The van der Waals surface area contributed by atoms with E-state index in [-0.39, 0.29) is 41.9 Å². The van der Waals surface area contributed by atoms with Gasteiger partial charge in [-0.15, -0.1) is 0 Å². The van der Waals surface area contributed by atoms with E-state index >= 15 is 8.78 Å². The van der Waals surface area contributed by atoms with Gasteiger partial charge < -0.3 is 41.0 Å². The minimum Gasteiger partial charge on any atom is -0.438 e. The molecule has 2 aromatic rings. The second kappa shape index (κ2) is 29.5. The van der Waals surface area contributed by atoms with Crippen LogP contribution in [0.25, 0.3) is 10.9 Å². The molecule has 6 N–H and O–H groups in total. The molecule has 422 valence electrons. The van der Waals surface area contributed by atoms with Crippen LogP contribution >= 0.6 is 7.60 Å². The Balaban J connectivity index is 1.39. The number of rotatable bonds is 31. The second-order valence-corrected chi connectivity index (χ2v) is 24.2. The number of fused-ring (bicyclic) bond motifs is 2. The first-order chi connectivity index (χ1) is 35.4. The molecule has 2 unspecified atom stereocenters. The van der Waals surface area contributed by atoms with Crippen molar-refractivity contribution >= 4 is 60.0 Å². The number of aromatic nitrogens is 1. The molecule has 21 heteroatoms. The standard InChI is InChI=1S/C54H85F2N6O12P/c1-8-9-10-11-12-13-14-15-16-17-18-19-20-23-32-58-46(64)41(29-31-45(57)63)60-48(66)44-30-27-39-24-21-22-25-42(49(67)62(39)44)61-47(65)43-34-37-33-38(26-28-40(37)59-43)54(55,56)75(70,73-35-71-50(68)52(2,3)4)74-36-72-51(69)53(5,6)7/h26,28,33-34,39,41-42,44,59H,8-25,27,29-32,35-36H2,1-7H3,(H2,57,63)(H,58,64)(H,60,66)(H,61,65)/t39?,41?,42-,44-/m0/s1. The summed E-state index contributed by atoms with van der Waals surface area (Å²) < 4.78 is 66.5. The lowest BCUT2D eigenvalue weighted by Gasteiger charge is -2.35. The Hall–Kier alpha value is -4.94. The van der Waals surface area contributed by atoms with Gasteiger partial charge in [0.2, 0.25) is 37.2 Å². The maximum Gasteiger partial charge on any atom is 0.410 e. The monoisotopic (exact) mass is 1080 g/mol. The summed E-state index contributed by atoms with van der Waals surface area (Å²) >= 11 is 0. The average Bonchev–Trinajstić information content (AvgIpc) is 3.98. The summed E-state index contributed by atoms with van der Waals surface area (Å²) in [5.74, 6) is -4.53. The van der Waals surface area contributed by atoms with Gasteiger partial charge >= 0.3 is 25.2 Å². The molecule has 5 amide bonds. The largest absolute Gasteiger partial charge is 0.438 e. The Morgan fingerprint density at radius 1 is 0.773 bits per heavy atom. The van der Waals surface area contributed by atoms with Gasteiger partial charge in [0.05, 0.1) is 10.8 Å². The lowest BCUT2D eigenvalue weighted by molar-refractivity contribution is -0.163. The third-order valence-corrected chi connectivity index (χ3v) is 15.5. The van der Waals surface area contributed by atoms with Crippen LogP contribution in [0.15, 0.2) is 24.3 Å². The SMILES string of the molecule is CCCCCCCCCCCCCCCCNC(=O)C(CCC(N)=O)NC(=O)[C@@H]1CCC2CCCC[C@H](NC(=O)c3cc4cc(C(F)(F)P(=O)(OCOC(=O)C(C)(C)C)OCOC(=O)C(C)(C)C)ccc4[nH]3)C(=O)N21. The first-order valence-electron chi connectivity index (χ1n) is 27.1. The van der Waals surface area contributed by atoms with Gasteiger partial charge in [-0.3, -0.25) is 47.2 Å². The Morgan fingerprint density at radius 3 is 1.87 bits per heavy atom. The molecule has 2 saturated heterocycles. The number of aromatic amines is 1. The fourth-order valence-corrected chi connectivity index (χ4v) is 10.4. The number of benzene rings is 1. The summed E-state index contributed by atoms with van der Waals surface area (Å²) in [7, 11) is -5.63. The van der Waals surface area contributed by atoms with Gasteiger partial charge in [-0.25, -0.2) is 0 Å². The van der Waals surface area contributed by atoms with Gasteiger partial charge in [0, 0.05) is 35.5 Å². The minimum absolute atomic E-state index is 0.0253. The number of alkyl halides is 2. The Bertz CT molecular complexity index is 2240. The molecule has 4 rings (SSSR count). The summed E-state index contributed by atoms with van der Waals surface area (Å²) in [5, 5.41) is 8.55. The van der Waals surface area contributed by atoms with Crippen LogP contribution in [0.4, 0.5) is 8.78 Å². The first-order valence-corrected chi connectivity index (χ1v) is 28.7. The van der Waals surface area contributed by atoms with Gasteiger partial charge in [-0.05, 0) is 98.3 Å². The molecule has 0 aliphatic carbocycles. The highest BCUT2D eigenvalue weighted by Crippen LogP contribution is 2.67. The maximum atomic E-state index is 16.4. The minimum atomic E-state index is -5.63. The number of ether oxygens (including phenoxy) is 2. The van der Waals surface area contributed by atoms with Crippen molar-refractivity contribution in [3.8, 4) is 0 Å². The van der Waals surface area contributed by atoms with Crippen molar-refractivity contribution in [1.29, 1.82) is 0 Å². The number of H-pyrrole nitrogens is 1. The summed E-state index contributed by atoms with van der Waals surface area (Å²) in [6.07, 6.45) is 19.6. The lowest BCUT2D eigenvalue weighted by Crippen LogP contribution is -2.58. The zero-order valence-corrected chi connectivity index (χ0v) is 46.3. The number of amides is 5. The molecule has 75 heavy (non-hydrogen) atoms. The van der Waals surface area contributed by atoms with Gasteiger partial charge in [0.25, 0.3) is 5.91 Å². The van der Waals surface area contributed by atoms with E-state index in [1.165, 1.54) is 123 Å². The normalized spacial score (nSPS) is 17.9. The molecule has 1 aromatic carbocycles. The van der Waals surface area contributed by atoms with Crippen LogP contribution in [0.5, 0.6) is 0 Å². The molecule has 0 radical (unpaired) electrons. The summed E-state index contributed by atoms with van der Waals surface area (Å²) in [6, 6.07) is 0.980. The Labute approximate surface area is 441 Å². The number of esters is 2. The number of nitrogens with zero attached hydrogens (tertiary/aromatic N) is 1. The van der Waals surface area contributed by atoms with E-state index in [1.54, 1.807) is 0 Å². The van der Waals surface area contributed by atoms with Crippen molar-refractivity contribution in [1.82, 2.24) is 25.8 Å². The van der Waals surface area contributed by atoms with Crippen molar-refractivity contribution in [2.24, 2.45) is 16.6 Å². The van der Waals surface area contributed by atoms with Crippen LogP contribution in [-0.4, -0.2) is 95.7 Å². The van der Waals surface area contributed by atoms with Crippen LogP contribution in [-0.2, 0) is 57.5 Å². The molecule has 18 nitrogen and oxygen atoms in total. The van der Waals surface area contributed by atoms with Gasteiger partial charge in [-0.1, -0.05) is 109 Å². The van der Waals surface area contributed by atoms with E-state index in [1.807, 2.05) is 0 Å². The van der Waals surface area contributed by atoms with Crippen molar-refractivity contribution in [2.75, 3.05) is 20.1 Å². The highest BCUT2D eigenvalue weighted by Gasteiger charge is 2.56. The molecular formula is C54H85F2N6O12P. The zero-order valence-electron chi connectivity index (χ0n) is 45.4. The van der Waals surface area contributed by atoms with Gasteiger partial charge in [0.1, 0.15) is 23.8 Å². The van der Waals surface area contributed by atoms with Crippen LogP contribution in [0, 0.1) is 10.8 Å². The number of primary amides is 1. The van der Waals surface area contributed by atoms with Crippen LogP contribution in [0.3, 0.4) is 0 Å². The molecule has 0 spiro atoms. The predicted octanol–water partition coefficient (Wildman–Crippen LogP) is 9.92. The maximum absolute atomic E-state index is 16.4. The van der Waals surface area contributed by atoms with Gasteiger partial charge in [-0.2, -0.15) is 8.78 Å². The number of nitrogens with two attached hydrogens (primary N) is 1. The fourth-order valence-electron chi connectivity index (χ4n) is 9.17. The van der Waals surface area contributed by atoms with Crippen molar-refractivity contribution in [2.45, 2.75) is 220 Å². The zero-order chi connectivity index (χ0) is 55.4. The van der Waals surface area contributed by atoms with Crippen LogP contribution < -0.4 is 21.7 Å². The number of nitrogens with one attached hydrogen (secondary N) is 4. The van der Waals surface area contributed by atoms with E-state index in [0.29, 0.717) is 38.6 Å². The topological polar surface area (TPSA) is 255 Å². The second-order valence-electron chi connectivity index (χ2n) is 22.1. The Morgan fingerprint density at radius 2 is 1.32 bits per heavy atom. The molecule has 3 heterocycles. The molecule has 0 bridgehead atoms. The van der Waals surface area contributed by atoms with E-state index in [4.69, 9.17) is 24.3 Å². The van der Waals surface area contributed by atoms with E-state index in [0.717, 1.165) is 37.8 Å². The molecule has 0 saturated carbocycles. The third kappa shape index (κ3) is 19.2. The summed E-state index contributed by atoms with van der Waals surface area (Å²) in [4.78, 5) is 96.6. The molecule has 4 atom stereocenters. The number of carbonyl (C=O) groups is 7. The molecular weight excluding hydrogens is 994 g/mol. The summed E-state index contributed by atoms with van der Waals surface area (Å²) in [5.41, 5.74) is -1.81. The number of hydrogen-bond donors (Lipinski definition) is 5. The predicted molar refractivity (Wildman–Crippen MR) is 280 cm³/mol. The third-order valence-electron chi connectivity index (χ3n) is 13.7. The first kappa shape index (κ1) is 62.6. The highest BCUT2D eigenvalue weighted by molar-refractivity contribution is 7.54. The smallest absolute Gasteiger partial charge is 0.410 e. The van der Waals surface area contributed by atoms with E-state index < -0.39 is 103 Å². The summed E-state index contributed by atoms with van der Waals surface area (Å²) in [6.45, 7) is 9.37. The highest BCUT2D eigenvalue weighted by atomic mass is 31.2. The van der Waals surface area contributed by atoms with Crippen molar-refractivity contribution in [3.05, 3.63) is 35.5 Å². The van der Waals surface area contributed by atoms with Crippen molar-refractivity contribution in [3.63, 3.8) is 0 Å². The van der Waals surface area contributed by atoms with E-state index in [9.17, 15) is 38.1 Å². The average molecular weight is 1080 g/mol. The number of hydrogen-bond acceptors (Lipinski definition) is 12. The van der Waals surface area contributed by atoms with Crippen molar-refractivity contribution < 1.29 is 65.4 Å². The molecule has 2 fully saturated rings. The number of unbranched alkanes of at least 4 members (excludes halogenated alkanes) is 13. The van der Waals surface area contributed by atoms with Crippen LogP contribution in [0.1, 0.15) is 206 Å². The van der Waals surface area contributed by atoms with Gasteiger partial charge in [0.15, 0.2) is 0 Å². The van der Waals surface area contributed by atoms with E-state index in [2.05, 4.69) is 27.9 Å². The molecule has 1 aromatic heterocycles. The number of halogens is 2. The van der Waals surface area contributed by atoms with Crippen LogP contribution in [0.2, 0.25) is 0 Å².